The molecule has 1 N–H and O–H groups in total. The Morgan fingerprint density at radius 2 is 1.84 bits per heavy atom. The van der Waals surface area contributed by atoms with Crippen LogP contribution in [0.2, 0.25) is 0 Å². The Balaban J connectivity index is 1.49. The van der Waals surface area contributed by atoms with E-state index in [1.54, 1.807) is 0 Å². The van der Waals surface area contributed by atoms with E-state index in [9.17, 15) is 9.90 Å². The van der Waals surface area contributed by atoms with Gasteiger partial charge in [0, 0.05) is 6.54 Å². The van der Waals surface area contributed by atoms with E-state index in [0.717, 1.165) is 48.2 Å². The molecule has 4 heteroatoms. The normalized spacial score (nSPS) is 16.6. The van der Waals surface area contributed by atoms with Gasteiger partial charge in [0.25, 0.3) is 0 Å². The number of hydrogen-bond acceptors (Lipinski definition) is 3. The van der Waals surface area contributed by atoms with Crippen LogP contribution in [-0.2, 0) is 17.9 Å². The van der Waals surface area contributed by atoms with Crippen molar-refractivity contribution in [3.05, 3.63) is 89.0 Å². The molecule has 1 aliphatic heterocycles. The second-order valence-corrected chi connectivity index (χ2v) is 8.66. The first kappa shape index (κ1) is 22.1. The van der Waals surface area contributed by atoms with Gasteiger partial charge in [-0.05, 0) is 72.7 Å². The topological polar surface area (TPSA) is 49.8 Å². The molecule has 0 aromatic heterocycles. The van der Waals surface area contributed by atoms with Crippen LogP contribution in [0.4, 0.5) is 0 Å². The number of aryl methyl sites for hydroxylation is 1. The van der Waals surface area contributed by atoms with E-state index in [-0.39, 0.29) is 0 Å². The highest BCUT2D eigenvalue weighted by atomic mass is 16.5. The fraction of sp³-hybridized carbons (Fsp3) is 0.321. The molecule has 1 fully saturated rings. The third kappa shape index (κ3) is 5.03. The molecule has 1 saturated heterocycles. The van der Waals surface area contributed by atoms with Crippen LogP contribution in [-0.4, -0.2) is 28.6 Å². The molecule has 4 nitrogen and oxygen atoms in total. The molecule has 0 amide bonds. The summed E-state index contributed by atoms with van der Waals surface area (Å²) >= 11 is 0. The smallest absolute Gasteiger partial charge is 0.320 e. The summed E-state index contributed by atoms with van der Waals surface area (Å²) in [6, 6.07) is 22.6. The number of aliphatic carboxylic acids is 1. The Labute approximate surface area is 190 Å². The molecule has 32 heavy (non-hydrogen) atoms. The van der Waals surface area contributed by atoms with Crippen LogP contribution in [0.15, 0.2) is 66.7 Å². The summed E-state index contributed by atoms with van der Waals surface area (Å²) in [5.41, 5.74) is 7.00. The van der Waals surface area contributed by atoms with Gasteiger partial charge in [0.1, 0.15) is 18.4 Å². The highest BCUT2D eigenvalue weighted by Crippen LogP contribution is 2.28. The summed E-state index contributed by atoms with van der Waals surface area (Å²) < 4.78 is 6.26. The van der Waals surface area contributed by atoms with E-state index >= 15 is 0 Å². The lowest BCUT2D eigenvalue weighted by Crippen LogP contribution is -2.43. The van der Waals surface area contributed by atoms with Gasteiger partial charge in [-0.2, -0.15) is 0 Å². The lowest BCUT2D eigenvalue weighted by molar-refractivity contribution is -0.144. The van der Waals surface area contributed by atoms with Gasteiger partial charge in [0.15, 0.2) is 0 Å². The van der Waals surface area contributed by atoms with E-state index in [4.69, 9.17) is 4.74 Å². The molecule has 1 heterocycles. The molecule has 0 radical (unpaired) electrons. The molecule has 3 aromatic rings. The molecule has 0 bridgehead atoms. The third-order valence-corrected chi connectivity index (χ3v) is 6.45. The van der Waals surface area contributed by atoms with Crippen LogP contribution < -0.4 is 4.74 Å². The first-order valence-electron chi connectivity index (χ1n) is 11.4. The minimum absolute atomic E-state index is 0.391. The van der Waals surface area contributed by atoms with E-state index < -0.39 is 12.0 Å². The monoisotopic (exact) mass is 429 g/mol. The lowest BCUT2D eigenvalue weighted by Gasteiger charge is -2.33. The molecule has 1 aliphatic rings. The van der Waals surface area contributed by atoms with Crippen LogP contribution in [0.5, 0.6) is 5.75 Å². The van der Waals surface area contributed by atoms with Crippen LogP contribution >= 0.6 is 0 Å². The van der Waals surface area contributed by atoms with Crippen LogP contribution in [0.25, 0.3) is 11.1 Å². The van der Waals surface area contributed by atoms with Gasteiger partial charge in [-0.25, -0.2) is 0 Å². The van der Waals surface area contributed by atoms with Gasteiger partial charge >= 0.3 is 5.97 Å². The highest BCUT2D eigenvalue weighted by molar-refractivity contribution is 5.73. The van der Waals surface area contributed by atoms with Gasteiger partial charge in [-0.3, -0.25) is 9.69 Å². The second-order valence-electron chi connectivity index (χ2n) is 8.66. The minimum Gasteiger partial charge on any atom is -0.489 e. The van der Waals surface area contributed by atoms with Crippen molar-refractivity contribution in [2.24, 2.45) is 0 Å². The van der Waals surface area contributed by atoms with Gasteiger partial charge in [-0.1, -0.05) is 67.1 Å². The number of nitrogens with zero attached hydrogens (tertiary/aromatic N) is 1. The zero-order valence-corrected chi connectivity index (χ0v) is 18.9. The summed E-state index contributed by atoms with van der Waals surface area (Å²) in [6.07, 6.45) is 2.76. The number of piperidine rings is 1. The van der Waals surface area contributed by atoms with E-state index in [1.807, 2.05) is 13.0 Å². The minimum atomic E-state index is -0.720. The Kier molecular flexibility index (Phi) is 6.91. The third-order valence-electron chi connectivity index (χ3n) is 6.45. The average Bonchev–Trinajstić information content (AvgIpc) is 2.81. The molecule has 1 atom stereocenters. The van der Waals surface area contributed by atoms with E-state index in [0.29, 0.717) is 13.2 Å². The largest absolute Gasteiger partial charge is 0.489 e. The van der Waals surface area contributed by atoms with Crippen molar-refractivity contribution in [3.8, 4) is 16.9 Å². The van der Waals surface area contributed by atoms with Crippen LogP contribution in [0, 0.1) is 13.8 Å². The first-order chi connectivity index (χ1) is 15.5. The van der Waals surface area contributed by atoms with Crippen molar-refractivity contribution in [3.63, 3.8) is 0 Å². The molecule has 4 rings (SSSR count). The maximum Gasteiger partial charge on any atom is 0.320 e. The molecule has 166 valence electrons. The van der Waals surface area contributed by atoms with Gasteiger partial charge in [0.05, 0.1) is 0 Å². The predicted molar refractivity (Wildman–Crippen MR) is 128 cm³/mol. The van der Waals surface area contributed by atoms with Crippen LogP contribution in [0.1, 0.15) is 41.5 Å². The molecule has 3 aromatic carbocycles. The maximum atomic E-state index is 11.6. The lowest BCUT2D eigenvalue weighted by atomic mass is 9.97. The Morgan fingerprint density at radius 3 is 2.62 bits per heavy atom. The zero-order chi connectivity index (χ0) is 22.5. The molecular weight excluding hydrogens is 398 g/mol. The fourth-order valence-electron chi connectivity index (χ4n) is 4.52. The molecule has 0 spiro atoms. The Hall–Kier alpha value is -3.11. The summed E-state index contributed by atoms with van der Waals surface area (Å²) in [5, 5.41) is 9.56. The van der Waals surface area contributed by atoms with E-state index in [2.05, 4.69) is 72.5 Å². The van der Waals surface area contributed by atoms with Crippen molar-refractivity contribution in [2.45, 2.75) is 52.3 Å². The van der Waals surface area contributed by atoms with Gasteiger partial charge in [0.2, 0.25) is 0 Å². The number of carboxylic acid groups (broad SMARTS) is 1. The van der Waals surface area contributed by atoms with Crippen molar-refractivity contribution >= 4 is 5.97 Å². The summed E-state index contributed by atoms with van der Waals surface area (Å²) in [7, 11) is 0. The number of carboxylic acids is 1. The van der Waals surface area contributed by atoms with Gasteiger partial charge in [-0.15, -0.1) is 0 Å². The highest BCUT2D eigenvalue weighted by Gasteiger charge is 2.28. The van der Waals surface area contributed by atoms with Crippen molar-refractivity contribution < 1.29 is 14.6 Å². The van der Waals surface area contributed by atoms with Crippen molar-refractivity contribution in [1.82, 2.24) is 4.90 Å². The summed E-state index contributed by atoms with van der Waals surface area (Å²) in [5.74, 6) is 0.137. The molecule has 0 aliphatic carbocycles. The zero-order valence-electron chi connectivity index (χ0n) is 18.9. The van der Waals surface area contributed by atoms with Crippen molar-refractivity contribution in [2.75, 3.05) is 6.54 Å². The predicted octanol–water partition coefficient (Wildman–Crippen LogP) is 5.99. The maximum absolute atomic E-state index is 11.6. The van der Waals surface area contributed by atoms with Gasteiger partial charge < -0.3 is 9.84 Å². The number of rotatable bonds is 7. The number of likely N-dealkylation sites (tertiary alicyclic amines) is 1. The molecular formula is C28H31NO3. The van der Waals surface area contributed by atoms with Crippen molar-refractivity contribution in [1.29, 1.82) is 0 Å². The number of benzene rings is 3. The standard InChI is InChI=1S/C28H31NO3/c1-20-14-15-22(18-29-16-7-6-13-26(29)28(30)31)17-27(20)32-19-24-11-8-12-25(21(24)2)23-9-4-3-5-10-23/h3-5,8-12,14-15,17,26H,6-7,13,16,18-19H2,1-2H3,(H,30,31)/t26-/m0/s1. The quantitative estimate of drug-likeness (QED) is 0.501. The first-order valence-corrected chi connectivity index (χ1v) is 11.4. The van der Waals surface area contributed by atoms with E-state index in [1.165, 1.54) is 16.7 Å². The Bertz CT molecular complexity index is 1080. The molecule has 0 unspecified atom stereocenters. The second kappa shape index (κ2) is 10.0. The SMILES string of the molecule is Cc1ccc(CN2CCCC[C@H]2C(=O)O)cc1OCc1cccc(-c2ccccc2)c1C. The number of hydrogen-bond donors (Lipinski definition) is 1. The summed E-state index contributed by atoms with van der Waals surface area (Å²) in [4.78, 5) is 13.7. The number of carbonyl (C=O) groups is 1. The molecule has 0 saturated carbocycles. The number of ether oxygens (including phenoxy) is 1. The Morgan fingerprint density at radius 1 is 1.03 bits per heavy atom. The average molecular weight is 430 g/mol. The van der Waals surface area contributed by atoms with Crippen LogP contribution in [0.3, 0.4) is 0 Å². The fourth-order valence-corrected chi connectivity index (χ4v) is 4.52. The summed E-state index contributed by atoms with van der Waals surface area (Å²) in [6.45, 7) is 6.15.